The molecule has 0 aromatic heterocycles. The molecule has 2 fully saturated rings. The van der Waals surface area contributed by atoms with E-state index in [0.717, 1.165) is 36.4 Å². The number of fused-ring (bicyclic) bond motifs is 1. The van der Waals surface area contributed by atoms with Crippen molar-refractivity contribution in [3.05, 3.63) is 53.3 Å². The quantitative estimate of drug-likeness (QED) is 0.629. The van der Waals surface area contributed by atoms with Gasteiger partial charge in [-0.1, -0.05) is 6.07 Å². The van der Waals surface area contributed by atoms with Crippen molar-refractivity contribution in [1.82, 2.24) is 9.80 Å². The summed E-state index contributed by atoms with van der Waals surface area (Å²) in [5.74, 6) is 1.11. The van der Waals surface area contributed by atoms with Gasteiger partial charge in [-0.25, -0.2) is 4.39 Å². The Labute approximate surface area is 199 Å². The number of ether oxygens (including phenoxy) is 2. The van der Waals surface area contributed by atoms with Gasteiger partial charge in [-0.2, -0.15) is 0 Å². The van der Waals surface area contributed by atoms with Crippen LogP contribution in [0.5, 0.6) is 11.5 Å². The Bertz CT molecular complexity index is 1080. The largest absolute Gasteiger partial charge is 0.486 e. The van der Waals surface area contributed by atoms with Crippen LogP contribution in [0.4, 0.5) is 10.1 Å². The van der Waals surface area contributed by atoms with Crippen LogP contribution < -0.4 is 14.4 Å². The highest BCUT2D eigenvalue weighted by Gasteiger charge is 2.32. The Morgan fingerprint density at radius 1 is 0.971 bits per heavy atom. The number of hydrogen-bond donors (Lipinski definition) is 0. The van der Waals surface area contributed by atoms with E-state index in [9.17, 15) is 14.0 Å². The van der Waals surface area contributed by atoms with E-state index in [1.165, 1.54) is 13.0 Å². The molecule has 0 unspecified atom stereocenters. The average molecular weight is 468 g/mol. The first-order chi connectivity index (χ1) is 16.5. The number of halogens is 1. The molecule has 0 radical (unpaired) electrons. The van der Waals surface area contributed by atoms with Crippen molar-refractivity contribution in [1.29, 1.82) is 0 Å². The summed E-state index contributed by atoms with van der Waals surface area (Å²) in [5.41, 5.74) is 1.97. The second-order valence-corrected chi connectivity index (χ2v) is 9.13. The Kier molecular flexibility index (Phi) is 6.41. The number of nitrogens with zero attached hydrogens (tertiary/aromatic N) is 3. The van der Waals surface area contributed by atoms with Gasteiger partial charge in [0.25, 0.3) is 0 Å². The van der Waals surface area contributed by atoms with Crippen LogP contribution in [0.15, 0.2) is 36.4 Å². The summed E-state index contributed by atoms with van der Waals surface area (Å²) in [5, 5.41) is 0. The molecule has 0 saturated carbocycles. The number of hydrogen-bond acceptors (Lipinski definition) is 6. The predicted molar refractivity (Wildman–Crippen MR) is 126 cm³/mol. The number of piperazine rings is 1. The van der Waals surface area contributed by atoms with Gasteiger partial charge in [-0.3, -0.25) is 14.5 Å². The minimum atomic E-state index is -0.378. The third-order valence-corrected chi connectivity index (χ3v) is 6.95. The number of rotatable bonds is 5. The molecule has 1 amide bonds. The Morgan fingerprint density at radius 3 is 2.47 bits per heavy atom. The minimum Gasteiger partial charge on any atom is -0.486 e. The summed E-state index contributed by atoms with van der Waals surface area (Å²) in [7, 11) is 0. The highest BCUT2D eigenvalue weighted by atomic mass is 19.1. The second-order valence-electron chi connectivity index (χ2n) is 9.13. The van der Waals surface area contributed by atoms with Gasteiger partial charge < -0.3 is 19.3 Å². The second kappa shape index (κ2) is 9.62. The zero-order valence-electron chi connectivity index (χ0n) is 19.5. The monoisotopic (exact) mass is 467 g/mol. The fourth-order valence-corrected chi connectivity index (χ4v) is 5.09. The van der Waals surface area contributed by atoms with Crippen LogP contribution in [-0.4, -0.2) is 74.0 Å². The number of anilines is 1. The van der Waals surface area contributed by atoms with Crippen LogP contribution >= 0.6 is 0 Å². The summed E-state index contributed by atoms with van der Waals surface area (Å²) < 4.78 is 25.9. The number of carbonyl (C=O) groups excluding carboxylic acids is 2. The molecule has 3 heterocycles. The topological polar surface area (TPSA) is 62.3 Å². The lowest BCUT2D eigenvalue weighted by Gasteiger charge is -2.37. The van der Waals surface area contributed by atoms with Crippen molar-refractivity contribution < 1.29 is 23.5 Å². The first-order valence-electron chi connectivity index (χ1n) is 12.0. The van der Waals surface area contributed by atoms with E-state index in [1.807, 2.05) is 28.0 Å². The lowest BCUT2D eigenvalue weighted by Crippen LogP contribution is -2.50. The number of carbonyl (C=O) groups is 2. The normalized spacial score (nSPS) is 20.5. The molecule has 2 aromatic rings. The average Bonchev–Trinajstić information content (AvgIpc) is 3.34. The molecule has 7 nitrogen and oxygen atoms in total. The van der Waals surface area contributed by atoms with Crippen molar-refractivity contribution in [2.75, 3.05) is 57.4 Å². The van der Waals surface area contributed by atoms with Crippen LogP contribution in [-0.2, 0) is 4.79 Å². The van der Waals surface area contributed by atoms with Gasteiger partial charge in [0.15, 0.2) is 17.3 Å². The molecule has 3 aliphatic rings. The first kappa shape index (κ1) is 22.7. The van der Waals surface area contributed by atoms with E-state index >= 15 is 0 Å². The molecule has 0 aliphatic carbocycles. The zero-order valence-corrected chi connectivity index (χ0v) is 19.5. The number of benzene rings is 2. The fraction of sp³-hybridized carbons (Fsp3) is 0.462. The molecule has 0 spiro atoms. The highest BCUT2D eigenvalue weighted by molar-refractivity contribution is 5.94. The minimum absolute atomic E-state index is 0.0542. The van der Waals surface area contributed by atoms with E-state index in [-0.39, 0.29) is 23.5 Å². The van der Waals surface area contributed by atoms with Gasteiger partial charge in [0, 0.05) is 38.3 Å². The summed E-state index contributed by atoms with van der Waals surface area (Å²) in [6.45, 7) is 6.29. The summed E-state index contributed by atoms with van der Waals surface area (Å²) in [6, 6.07) is 10.7. The van der Waals surface area contributed by atoms with Crippen LogP contribution in [0.25, 0.3) is 0 Å². The molecule has 0 bridgehead atoms. The maximum Gasteiger partial charge on any atom is 0.237 e. The molecule has 0 N–H and O–H groups in total. The third kappa shape index (κ3) is 4.59. The number of ketones is 1. The summed E-state index contributed by atoms with van der Waals surface area (Å²) in [6.07, 6.45) is 1.92. The van der Waals surface area contributed by atoms with E-state index < -0.39 is 0 Å². The smallest absolute Gasteiger partial charge is 0.237 e. The van der Waals surface area contributed by atoms with Crippen LogP contribution in [0.3, 0.4) is 0 Å². The van der Waals surface area contributed by atoms with Crippen LogP contribution in [0, 0.1) is 5.82 Å². The van der Waals surface area contributed by atoms with Crippen molar-refractivity contribution in [3.63, 3.8) is 0 Å². The summed E-state index contributed by atoms with van der Waals surface area (Å²) >= 11 is 0. The number of Topliss-reactive ketones (excluding diaryl/α,β-unsaturated/α-hetero) is 1. The number of amides is 1. The number of likely N-dealkylation sites (tertiary alicyclic amines) is 1. The van der Waals surface area contributed by atoms with Crippen molar-refractivity contribution in [2.24, 2.45) is 0 Å². The molecule has 2 aromatic carbocycles. The van der Waals surface area contributed by atoms with Gasteiger partial charge in [-0.05, 0) is 55.7 Å². The molecular formula is C26H30FN3O4. The van der Waals surface area contributed by atoms with Gasteiger partial charge in [0.2, 0.25) is 5.91 Å². The van der Waals surface area contributed by atoms with Crippen LogP contribution in [0.2, 0.25) is 0 Å². The van der Waals surface area contributed by atoms with Gasteiger partial charge in [0.05, 0.1) is 18.3 Å². The van der Waals surface area contributed by atoms with Crippen LogP contribution in [0.1, 0.15) is 41.7 Å². The molecule has 2 saturated heterocycles. The molecule has 180 valence electrons. The molecule has 1 atom stereocenters. The fourth-order valence-electron chi connectivity index (χ4n) is 5.09. The van der Waals surface area contributed by atoms with E-state index in [4.69, 9.17) is 9.47 Å². The maximum absolute atomic E-state index is 14.5. The molecule has 5 rings (SSSR count). The lowest BCUT2D eigenvalue weighted by atomic mass is 10.0. The molecule has 3 aliphatic heterocycles. The Balaban J connectivity index is 1.19. The van der Waals surface area contributed by atoms with Crippen molar-refractivity contribution in [3.8, 4) is 11.5 Å². The van der Waals surface area contributed by atoms with Gasteiger partial charge in [0.1, 0.15) is 19.0 Å². The van der Waals surface area contributed by atoms with E-state index in [0.29, 0.717) is 57.2 Å². The maximum atomic E-state index is 14.5. The molecular weight excluding hydrogens is 437 g/mol. The predicted octanol–water partition coefficient (Wildman–Crippen LogP) is 3.29. The molecule has 8 heteroatoms. The highest BCUT2D eigenvalue weighted by Crippen LogP contribution is 2.38. The van der Waals surface area contributed by atoms with E-state index in [1.54, 1.807) is 12.1 Å². The van der Waals surface area contributed by atoms with Gasteiger partial charge in [-0.15, -0.1) is 0 Å². The van der Waals surface area contributed by atoms with Gasteiger partial charge >= 0.3 is 0 Å². The first-order valence-corrected chi connectivity index (χ1v) is 12.0. The summed E-state index contributed by atoms with van der Waals surface area (Å²) in [4.78, 5) is 30.8. The van der Waals surface area contributed by atoms with E-state index in [2.05, 4.69) is 4.90 Å². The standard InChI is InChI=1S/C26H30FN3O4/c1-18(31)19-4-6-23(21(27)15-19)29-11-9-28(10-12-29)17-26(32)30-8-2-3-22(30)20-5-7-24-25(16-20)34-14-13-33-24/h4-7,15-16,22H,2-3,8-14,17H2,1H3/t22-/m1/s1. The zero-order chi connectivity index (χ0) is 23.7. The SMILES string of the molecule is CC(=O)c1ccc(N2CCN(CC(=O)N3CCC[C@@H]3c3ccc4c(c3)OCCO4)CC2)c(F)c1. The Hall–Kier alpha value is -3.13. The molecule has 34 heavy (non-hydrogen) atoms. The van der Waals surface area contributed by atoms with Crippen molar-refractivity contribution in [2.45, 2.75) is 25.8 Å². The van der Waals surface area contributed by atoms with Crippen molar-refractivity contribution >= 4 is 17.4 Å². The Morgan fingerprint density at radius 2 is 1.74 bits per heavy atom. The third-order valence-electron chi connectivity index (χ3n) is 6.95. The lowest BCUT2D eigenvalue weighted by molar-refractivity contribution is -0.133.